The molecule has 0 atom stereocenters. The SMILES string of the molecule is O=C(/C=C\C=C/C(=O)OCc1cc(F)c(F)c(F)c1F)OCc1cc(F)c(F)c(F)c1F. The lowest BCUT2D eigenvalue weighted by atomic mass is 10.2. The Kier molecular flexibility index (Phi) is 8.10. The Hall–Kier alpha value is -3.70. The van der Waals surface area contributed by atoms with Gasteiger partial charge in [0.15, 0.2) is 46.5 Å². The molecule has 0 saturated heterocycles. The highest BCUT2D eigenvalue weighted by atomic mass is 19.2. The Morgan fingerprint density at radius 3 is 1.28 bits per heavy atom. The van der Waals surface area contributed by atoms with Crippen LogP contribution in [-0.2, 0) is 32.3 Å². The minimum absolute atomic E-state index is 0.308. The number of ether oxygens (including phenoxy) is 2. The number of allylic oxidation sites excluding steroid dienone is 2. The smallest absolute Gasteiger partial charge is 0.331 e. The van der Waals surface area contributed by atoms with E-state index in [4.69, 9.17) is 0 Å². The maximum Gasteiger partial charge on any atom is 0.331 e. The first-order valence-electron chi connectivity index (χ1n) is 8.34. The van der Waals surface area contributed by atoms with Crippen molar-refractivity contribution < 1.29 is 54.2 Å². The van der Waals surface area contributed by atoms with Gasteiger partial charge in [-0.3, -0.25) is 0 Å². The van der Waals surface area contributed by atoms with Gasteiger partial charge in [-0.05, 0) is 12.1 Å². The molecule has 0 aromatic heterocycles. The first-order chi connectivity index (χ1) is 15.0. The highest BCUT2D eigenvalue weighted by molar-refractivity contribution is 5.84. The monoisotopic (exact) mass is 466 g/mol. The molecule has 32 heavy (non-hydrogen) atoms. The van der Waals surface area contributed by atoms with E-state index in [2.05, 4.69) is 9.47 Å². The van der Waals surface area contributed by atoms with E-state index in [1.165, 1.54) is 0 Å². The molecule has 170 valence electrons. The van der Waals surface area contributed by atoms with Gasteiger partial charge in [0.25, 0.3) is 0 Å². The first-order valence-corrected chi connectivity index (χ1v) is 8.34. The average molecular weight is 466 g/mol. The van der Waals surface area contributed by atoms with Crippen molar-refractivity contribution in [3.63, 3.8) is 0 Å². The molecule has 4 nitrogen and oxygen atoms in total. The molecule has 0 unspecified atom stereocenters. The molecule has 2 rings (SSSR count). The van der Waals surface area contributed by atoms with Crippen molar-refractivity contribution in [1.29, 1.82) is 0 Å². The van der Waals surface area contributed by atoms with Crippen LogP contribution in [0.5, 0.6) is 0 Å². The molecule has 0 aliphatic rings. The van der Waals surface area contributed by atoms with Crippen LogP contribution in [0, 0.1) is 46.5 Å². The molecule has 0 spiro atoms. The third-order valence-electron chi connectivity index (χ3n) is 3.67. The molecular weight excluding hydrogens is 456 g/mol. The van der Waals surface area contributed by atoms with Crippen LogP contribution in [0.2, 0.25) is 0 Å². The topological polar surface area (TPSA) is 52.6 Å². The molecule has 0 saturated carbocycles. The van der Waals surface area contributed by atoms with E-state index in [-0.39, 0.29) is 0 Å². The van der Waals surface area contributed by atoms with E-state index >= 15 is 0 Å². The average Bonchev–Trinajstić information content (AvgIpc) is 2.76. The number of halogens is 8. The van der Waals surface area contributed by atoms with E-state index in [1.54, 1.807) is 0 Å². The van der Waals surface area contributed by atoms with Gasteiger partial charge in [0.1, 0.15) is 13.2 Å². The van der Waals surface area contributed by atoms with Gasteiger partial charge in [-0.25, -0.2) is 44.7 Å². The second-order valence-corrected chi connectivity index (χ2v) is 5.85. The van der Waals surface area contributed by atoms with Gasteiger partial charge >= 0.3 is 11.9 Å². The van der Waals surface area contributed by atoms with Gasteiger partial charge in [-0.1, -0.05) is 12.2 Å². The highest BCUT2D eigenvalue weighted by Gasteiger charge is 2.20. The summed E-state index contributed by atoms with van der Waals surface area (Å²) in [6, 6.07) is 0.616. The third-order valence-corrected chi connectivity index (χ3v) is 3.67. The van der Waals surface area contributed by atoms with Crippen LogP contribution in [0.4, 0.5) is 35.1 Å². The van der Waals surface area contributed by atoms with Crippen LogP contribution in [0.3, 0.4) is 0 Å². The summed E-state index contributed by atoms with van der Waals surface area (Å²) >= 11 is 0. The zero-order valence-corrected chi connectivity index (χ0v) is 15.5. The van der Waals surface area contributed by atoms with E-state index in [0.717, 1.165) is 12.2 Å². The predicted octanol–water partition coefficient (Wildman–Crippen LogP) is 4.70. The zero-order chi connectivity index (χ0) is 24.0. The summed E-state index contributed by atoms with van der Waals surface area (Å²) in [5.41, 5.74) is -1.52. The third kappa shape index (κ3) is 5.93. The summed E-state index contributed by atoms with van der Waals surface area (Å²) in [7, 11) is 0. The van der Waals surface area contributed by atoms with Crippen molar-refractivity contribution >= 4 is 11.9 Å². The Morgan fingerprint density at radius 1 is 0.594 bits per heavy atom. The van der Waals surface area contributed by atoms with E-state index in [1.807, 2.05) is 0 Å². The summed E-state index contributed by atoms with van der Waals surface area (Å²) in [5, 5.41) is 0. The van der Waals surface area contributed by atoms with Gasteiger partial charge in [0, 0.05) is 23.3 Å². The number of carbonyl (C=O) groups excluding carboxylic acids is 2. The summed E-state index contributed by atoms with van der Waals surface area (Å²) in [4.78, 5) is 22.9. The fraction of sp³-hybridized carbons (Fsp3) is 0.100. The first kappa shape index (κ1) is 24.6. The fourth-order valence-electron chi connectivity index (χ4n) is 2.12. The highest BCUT2D eigenvalue weighted by Crippen LogP contribution is 2.20. The second-order valence-electron chi connectivity index (χ2n) is 5.85. The molecule has 0 aliphatic heterocycles. The Bertz CT molecular complexity index is 1020. The summed E-state index contributed by atoms with van der Waals surface area (Å²) in [5.74, 6) is -17.3. The summed E-state index contributed by atoms with van der Waals surface area (Å²) < 4.78 is 114. The van der Waals surface area contributed by atoms with Crippen molar-refractivity contribution in [3.8, 4) is 0 Å². The quantitative estimate of drug-likeness (QED) is 0.148. The number of benzene rings is 2. The molecular formula is C20H10F8O4. The van der Waals surface area contributed by atoms with Crippen LogP contribution < -0.4 is 0 Å². The largest absolute Gasteiger partial charge is 0.458 e. The lowest BCUT2D eigenvalue weighted by Crippen LogP contribution is -2.07. The van der Waals surface area contributed by atoms with E-state index < -0.39 is 82.8 Å². The van der Waals surface area contributed by atoms with Gasteiger partial charge < -0.3 is 9.47 Å². The Morgan fingerprint density at radius 2 is 0.938 bits per heavy atom. The second kappa shape index (κ2) is 10.6. The maximum atomic E-state index is 13.4. The number of carbonyl (C=O) groups is 2. The van der Waals surface area contributed by atoms with Crippen molar-refractivity contribution in [1.82, 2.24) is 0 Å². The van der Waals surface area contributed by atoms with Gasteiger partial charge in [0.05, 0.1) is 0 Å². The van der Waals surface area contributed by atoms with Gasteiger partial charge in [0.2, 0.25) is 0 Å². The number of esters is 2. The summed E-state index contributed by atoms with van der Waals surface area (Å²) in [6.07, 6.45) is 3.29. The van der Waals surface area contributed by atoms with Crippen molar-refractivity contribution in [2.75, 3.05) is 0 Å². The van der Waals surface area contributed by atoms with Gasteiger partial charge in [-0.15, -0.1) is 0 Å². The van der Waals surface area contributed by atoms with Gasteiger partial charge in [-0.2, -0.15) is 0 Å². The number of hydrogen-bond acceptors (Lipinski definition) is 4. The fourth-order valence-corrected chi connectivity index (χ4v) is 2.12. The van der Waals surface area contributed by atoms with Crippen LogP contribution in [-0.4, -0.2) is 11.9 Å². The summed E-state index contributed by atoms with van der Waals surface area (Å²) in [6.45, 7) is -1.85. The number of hydrogen-bond donors (Lipinski definition) is 0. The lowest BCUT2D eigenvalue weighted by Gasteiger charge is -2.06. The molecule has 0 heterocycles. The molecule has 2 aromatic rings. The lowest BCUT2D eigenvalue weighted by molar-refractivity contribution is -0.140. The molecule has 12 heteroatoms. The molecule has 0 amide bonds. The normalized spacial score (nSPS) is 11.4. The van der Waals surface area contributed by atoms with Crippen molar-refractivity contribution in [3.05, 3.63) is 94.1 Å². The zero-order valence-electron chi connectivity index (χ0n) is 15.5. The molecule has 0 bridgehead atoms. The Balaban J connectivity index is 1.86. The minimum atomic E-state index is -2.07. The molecule has 0 N–H and O–H groups in total. The van der Waals surface area contributed by atoms with Crippen LogP contribution >= 0.6 is 0 Å². The molecule has 2 aromatic carbocycles. The number of rotatable bonds is 7. The minimum Gasteiger partial charge on any atom is -0.458 e. The van der Waals surface area contributed by atoms with Crippen LogP contribution in [0.25, 0.3) is 0 Å². The molecule has 0 aliphatic carbocycles. The van der Waals surface area contributed by atoms with E-state index in [9.17, 15) is 44.7 Å². The molecule has 0 radical (unpaired) electrons. The standard InChI is InChI=1S/C20H10F8O4/c21-11-5-9(15(23)19(27)17(11)25)7-31-13(29)3-1-2-4-14(30)32-8-10-6-12(22)18(26)20(28)16(10)24/h1-6H,7-8H2/b3-1-,4-2-. The maximum absolute atomic E-state index is 13.4. The molecule has 0 fully saturated rings. The predicted molar refractivity (Wildman–Crippen MR) is 90.4 cm³/mol. The van der Waals surface area contributed by atoms with Crippen molar-refractivity contribution in [2.45, 2.75) is 13.2 Å². The van der Waals surface area contributed by atoms with E-state index in [0.29, 0.717) is 24.3 Å². The van der Waals surface area contributed by atoms with Crippen LogP contribution in [0.15, 0.2) is 36.4 Å². The van der Waals surface area contributed by atoms with Crippen molar-refractivity contribution in [2.24, 2.45) is 0 Å². The van der Waals surface area contributed by atoms with Crippen LogP contribution in [0.1, 0.15) is 11.1 Å². The Labute approximate surface area is 174 Å².